The summed E-state index contributed by atoms with van der Waals surface area (Å²) in [6.07, 6.45) is 5.95. The van der Waals surface area contributed by atoms with Gasteiger partial charge in [-0.05, 0) is 55.8 Å². The number of likely N-dealkylation sites (tertiary alicyclic amines) is 1. The first-order valence-corrected chi connectivity index (χ1v) is 10.1. The van der Waals surface area contributed by atoms with Gasteiger partial charge >= 0.3 is 0 Å². The van der Waals surface area contributed by atoms with E-state index in [1.807, 2.05) is 29.0 Å². The highest BCUT2D eigenvalue weighted by Gasteiger charge is 2.19. The van der Waals surface area contributed by atoms with Crippen LogP contribution in [0, 0.1) is 10.1 Å². The zero-order valence-electron chi connectivity index (χ0n) is 16.5. The first kappa shape index (κ1) is 18.6. The van der Waals surface area contributed by atoms with E-state index < -0.39 is 0 Å². The van der Waals surface area contributed by atoms with E-state index in [1.54, 1.807) is 18.3 Å². The molecule has 3 heterocycles. The fraction of sp³-hybridized carbons (Fsp3) is 0.261. The monoisotopic (exact) mass is 402 g/mol. The Kier molecular flexibility index (Phi) is 4.59. The summed E-state index contributed by atoms with van der Waals surface area (Å²) >= 11 is 0. The number of pyridine rings is 1. The lowest BCUT2D eigenvalue weighted by Gasteiger charge is -2.18. The molecule has 2 aromatic heterocycles. The van der Waals surface area contributed by atoms with E-state index in [0.717, 1.165) is 35.1 Å². The minimum absolute atomic E-state index is 0.109. The highest BCUT2D eigenvalue weighted by molar-refractivity contribution is 5.90. The number of hydrogen-bond acceptors (Lipinski definition) is 5. The van der Waals surface area contributed by atoms with Crippen molar-refractivity contribution in [3.05, 3.63) is 76.1 Å². The highest BCUT2D eigenvalue weighted by atomic mass is 16.6. The number of phenolic OH excluding ortho intramolecular Hbond substituents is 1. The maximum absolute atomic E-state index is 11.4. The third kappa shape index (κ3) is 3.17. The van der Waals surface area contributed by atoms with Crippen molar-refractivity contribution < 1.29 is 10.0 Å². The van der Waals surface area contributed by atoms with Crippen molar-refractivity contribution in [2.45, 2.75) is 25.9 Å². The zero-order valence-corrected chi connectivity index (χ0v) is 16.5. The normalized spacial score (nSPS) is 14.7. The minimum atomic E-state index is -0.347. The first-order chi connectivity index (χ1) is 14.6. The number of nitro groups is 1. The number of nitrogens with zero attached hydrogens (tertiary/aromatic N) is 4. The van der Waals surface area contributed by atoms with Gasteiger partial charge in [0.05, 0.1) is 15.8 Å². The summed E-state index contributed by atoms with van der Waals surface area (Å²) in [6, 6.07) is 12.8. The van der Waals surface area contributed by atoms with E-state index in [1.165, 1.54) is 18.9 Å². The highest BCUT2D eigenvalue weighted by Crippen LogP contribution is 2.33. The second kappa shape index (κ2) is 7.42. The summed E-state index contributed by atoms with van der Waals surface area (Å²) in [5, 5.41) is 23.7. The number of aromatic nitrogens is 2. The number of fused-ring (bicyclic) bond motifs is 2. The molecule has 0 bridgehead atoms. The van der Waals surface area contributed by atoms with Gasteiger partial charge in [-0.25, -0.2) is 0 Å². The zero-order chi connectivity index (χ0) is 20.7. The molecule has 1 aliphatic heterocycles. The Morgan fingerprint density at radius 1 is 1.03 bits per heavy atom. The lowest BCUT2D eigenvalue weighted by Crippen LogP contribution is -2.18. The molecule has 1 fully saturated rings. The molecular weight excluding hydrogens is 380 g/mol. The van der Waals surface area contributed by atoms with Crippen molar-refractivity contribution in [3.8, 4) is 5.75 Å². The molecule has 7 nitrogen and oxygen atoms in total. The minimum Gasteiger partial charge on any atom is -0.505 e. The van der Waals surface area contributed by atoms with Crippen LogP contribution in [0.5, 0.6) is 5.75 Å². The molecule has 7 heteroatoms. The van der Waals surface area contributed by atoms with Crippen LogP contribution in [-0.4, -0.2) is 37.6 Å². The van der Waals surface area contributed by atoms with Gasteiger partial charge in [-0.1, -0.05) is 12.1 Å². The molecule has 30 heavy (non-hydrogen) atoms. The third-order valence-electron chi connectivity index (χ3n) is 5.95. The van der Waals surface area contributed by atoms with E-state index in [2.05, 4.69) is 16.0 Å². The number of non-ortho nitro benzene ring substituents is 1. The second-order valence-electron chi connectivity index (χ2n) is 7.84. The SMILES string of the molecule is O=[N+]([O-])c1cccc2c1ccn2Cc1cc(CN2CCCC2)c(O)c2ncccc12. The Morgan fingerprint density at radius 2 is 1.87 bits per heavy atom. The van der Waals surface area contributed by atoms with E-state index in [9.17, 15) is 15.2 Å². The molecule has 1 saturated heterocycles. The Labute approximate surface area is 173 Å². The second-order valence-corrected chi connectivity index (χ2v) is 7.84. The summed E-state index contributed by atoms with van der Waals surface area (Å²) in [5.41, 5.74) is 3.44. The van der Waals surface area contributed by atoms with Gasteiger partial charge in [0.15, 0.2) is 0 Å². The number of aromatic hydroxyl groups is 1. The van der Waals surface area contributed by atoms with Crippen molar-refractivity contribution in [2.75, 3.05) is 13.1 Å². The lowest BCUT2D eigenvalue weighted by atomic mass is 10.0. The van der Waals surface area contributed by atoms with Crippen LogP contribution in [0.3, 0.4) is 0 Å². The van der Waals surface area contributed by atoms with Gasteiger partial charge in [0.1, 0.15) is 11.3 Å². The van der Waals surface area contributed by atoms with Crippen LogP contribution < -0.4 is 0 Å². The smallest absolute Gasteiger partial charge is 0.278 e. The number of benzene rings is 2. The topological polar surface area (TPSA) is 84.4 Å². The van der Waals surface area contributed by atoms with Crippen LogP contribution in [0.2, 0.25) is 0 Å². The van der Waals surface area contributed by atoms with Crippen LogP contribution in [-0.2, 0) is 13.1 Å². The summed E-state index contributed by atoms with van der Waals surface area (Å²) in [5.74, 6) is 0.245. The Balaban J connectivity index is 1.60. The molecule has 2 aromatic carbocycles. The summed E-state index contributed by atoms with van der Waals surface area (Å²) in [7, 11) is 0. The molecule has 0 unspecified atom stereocenters. The predicted octanol–water partition coefficient (Wildman–Crippen LogP) is 4.45. The van der Waals surface area contributed by atoms with Crippen molar-refractivity contribution in [2.24, 2.45) is 0 Å². The van der Waals surface area contributed by atoms with Gasteiger partial charge in [-0.3, -0.25) is 20.0 Å². The van der Waals surface area contributed by atoms with Crippen LogP contribution in [0.1, 0.15) is 24.0 Å². The summed E-state index contributed by atoms with van der Waals surface area (Å²) < 4.78 is 2.01. The molecule has 0 amide bonds. The quantitative estimate of drug-likeness (QED) is 0.394. The molecular formula is C23H22N4O3. The number of rotatable bonds is 5. The Morgan fingerprint density at radius 3 is 2.67 bits per heavy atom. The van der Waals surface area contributed by atoms with E-state index >= 15 is 0 Å². The van der Waals surface area contributed by atoms with Crippen molar-refractivity contribution in [3.63, 3.8) is 0 Å². The maximum atomic E-state index is 11.4. The van der Waals surface area contributed by atoms with Gasteiger partial charge in [0.2, 0.25) is 0 Å². The van der Waals surface area contributed by atoms with Crippen molar-refractivity contribution >= 4 is 27.5 Å². The number of phenols is 1. The number of hydrogen-bond donors (Lipinski definition) is 1. The molecule has 0 spiro atoms. The molecule has 5 rings (SSSR count). The van der Waals surface area contributed by atoms with Gasteiger partial charge < -0.3 is 9.67 Å². The third-order valence-corrected chi connectivity index (χ3v) is 5.95. The van der Waals surface area contributed by atoms with Crippen LogP contribution in [0.15, 0.2) is 54.9 Å². The molecule has 0 radical (unpaired) electrons. The van der Waals surface area contributed by atoms with Gasteiger partial charge in [-0.2, -0.15) is 0 Å². The molecule has 152 valence electrons. The molecule has 4 aromatic rings. The fourth-order valence-corrected chi connectivity index (χ4v) is 4.48. The van der Waals surface area contributed by atoms with E-state index in [-0.39, 0.29) is 16.4 Å². The molecule has 0 aliphatic carbocycles. The molecule has 0 atom stereocenters. The maximum Gasteiger partial charge on any atom is 0.278 e. The molecule has 1 N–H and O–H groups in total. The van der Waals surface area contributed by atoms with E-state index in [0.29, 0.717) is 24.0 Å². The van der Waals surface area contributed by atoms with Crippen LogP contribution >= 0.6 is 0 Å². The summed E-state index contributed by atoms with van der Waals surface area (Å²) in [6.45, 7) is 3.32. The van der Waals surface area contributed by atoms with Crippen LogP contribution in [0.4, 0.5) is 5.69 Å². The largest absolute Gasteiger partial charge is 0.505 e. The molecule has 0 saturated carbocycles. The van der Waals surface area contributed by atoms with Crippen molar-refractivity contribution in [1.82, 2.24) is 14.5 Å². The molecule has 1 aliphatic rings. The van der Waals surface area contributed by atoms with Crippen LogP contribution in [0.25, 0.3) is 21.8 Å². The fourth-order valence-electron chi connectivity index (χ4n) is 4.48. The van der Waals surface area contributed by atoms with Gasteiger partial charge in [0, 0.05) is 42.5 Å². The predicted molar refractivity (Wildman–Crippen MR) is 116 cm³/mol. The van der Waals surface area contributed by atoms with Gasteiger partial charge in [-0.15, -0.1) is 0 Å². The first-order valence-electron chi connectivity index (χ1n) is 10.1. The lowest BCUT2D eigenvalue weighted by molar-refractivity contribution is -0.383. The Hall–Kier alpha value is -3.45. The van der Waals surface area contributed by atoms with E-state index in [4.69, 9.17) is 0 Å². The standard InChI is InChI=1S/C23H22N4O3/c28-23-17(14-25-10-1-2-11-25)13-16(18-5-4-9-24-22(18)23)15-26-12-8-19-20(26)6-3-7-21(19)27(29)30/h3-9,12-13,28H,1-2,10-11,14-15H2. The number of nitro benzene ring substituents is 1. The average molecular weight is 402 g/mol. The van der Waals surface area contributed by atoms with Crippen molar-refractivity contribution in [1.29, 1.82) is 0 Å². The summed E-state index contributed by atoms with van der Waals surface area (Å²) in [4.78, 5) is 17.8. The van der Waals surface area contributed by atoms with Gasteiger partial charge in [0.25, 0.3) is 5.69 Å². The average Bonchev–Trinajstić information content (AvgIpc) is 3.41. The Bertz CT molecular complexity index is 1260.